The Balaban J connectivity index is 1.62. The van der Waals surface area contributed by atoms with Crippen molar-refractivity contribution >= 4 is 18.0 Å². The Hall–Kier alpha value is -2.27. The summed E-state index contributed by atoms with van der Waals surface area (Å²) >= 11 is 0. The molecule has 5 N–H and O–H groups in total. The first-order valence-corrected chi connectivity index (χ1v) is 22.7. The molecule has 18 nitrogen and oxygen atoms in total. The van der Waals surface area contributed by atoms with E-state index in [0.29, 0.717) is 12.0 Å². The molecular weight excluding hydrogens is 838 g/mol. The molecule has 4 aliphatic rings. The van der Waals surface area contributed by atoms with Crippen LogP contribution >= 0.6 is 0 Å². The van der Waals surface area contributed by atoms with Crippen LogP contribution in [-0.4, -0.2) is 187 Å². The van der Waals surface area contributed by atoms with Crippen LogP contribution in [0.25, 0.3) is 0 Å². The van der Waals surface area contributed by atoms with Gasteiger partial charge in [-0.05, 0) is 73.5 Å². The SMILES string of the molecule is CC[C@H]1OC(=O)C[C@@H](O)[C@H](C)[C@@H](O[C@@H]2O[C@H](C)[C@@H](O[C@H]3C[C@](C)(O)[C@@H](O)[C@H](C)O3)[C@H](N(C)C)[C@H]2O)[C@H](CC=O)C[C@@H](C)C(=O)/C=C/C(C)=C/[C@@H]1CO[C@@H]1O[C@H](C)[C@@H](O)[C@@H](OC)[C@@H]1OC. The van der Waals surface area contributed by atoms with Crippen LogP contribution in [0.3, 0.4) is 0 Å². The Morgan fingerprint density at radius 1 is 0.859 bits per heavy atom. The fourth-order valence-electron chi connectivity index (χ4n) is 9.51. The summed E-state index contributed by atoms with van der Waals surface area (Å²) in [6.45, 7) is 13.6. The minimum absolute atomic E-state index is 0.00788. The minimum atomic E-state index is -1.49. The van der Waals surface area contributed by atoms with Gasteiger partial charge in [-0.2, -0.15) is 0 Å². The highest BCUT2D eigenvalue weighted by molar-refractivity contribution is 5.91. The zero-order valence-corrected chi connectivity index (χ0v) is 39.7. The third-order valence-corrected chi connectivity index (χ3v) is 13.4. The van der Waals surface area contributed by atoms with Gasteiger partial charge in [-0.1, -0.05) is 38.5 Å². The average Bonchev–Trinajstić information content (AvgIpc) is 3.23. The van der Waals surface area contributed by atoms with Gasteiger partial charge in [0.15, 0.2) is 24.7 Å². The maximum absolute atomic E-state index is 13.8. The number of hydrogen-bond acceptors (Lipinski definition) is 18. The molecule has 3 fully saturated rings. The number of carbonyl (C=O) groups is 3. The van der Waals surface area contributed by atoms with E-state index in [-0.39, 0.29) is 31.7 Å². The molecule has 18 heteroatoms. The molecule has 0 aromatic carbocycles. The van der Waals surface area contributed by atoms with Gasteiger partial charge >= 0.3 is 5.97 Å². The lowest BCUT2D eigenvalue weighted by molar-refractivity contribution is -0.341. The Labute approximate surface area is 378 Å². The Morgan fingerprint density at radius 2 is 1.52 bits per heavy atom. The Morgan fingerprint density at radius 3 is 2.11 bits per heavy atom. The zero-order valence-electron chi connectivity index (χ0n) is 39.7. The van der Waals surface area contributed by atoms with E-state index in [2.05, 4.69) is 0 Å². The molecule has 0 bridgehead atoms. The summed E-state index contributed by atoms with van der Waals surface area (Å²) in [5.74, 6) is -3.59. The van der Waals surface area contributed by atoms with Crippen molar-refractivity contribution in [3.63, 3.8) is 0 Å². The third kappa shape index (κ3) is 13.5. The lowest BCUT2D eigenvalue weighted by Crippen LogP contribution is -2.65. The molecule has 0 aliphatic carbocycles. The number of aldehydes is 1. The summed E-state index contributed by atoms with van der Waals surface area (Å²) in [6.07, 6.45) is -8.49. The van der Waals surface area contributed by atoms with Gasteiger partial charge in [0.05, 0.1) is 55.2 Å². The minimum Gasteiger partial charge on any atom is -0.462 e. The molecule has 0 unspecified atom stereocenters. The number of allylic oxidation sites excluding steroid dienone is 3. The summed E-state index contributed by atoms with van der Waals surface area (Å²) in [4.78, 5) is 41.5. The van der Waals surface area contributed by atoms with E-state index in [0.717, 1.165) is 6.29 Å². The lowest BCUT2D eigenvalue weighted by Gasteiger charge is -2.50. The quantitative estimate of drug-likeness (QED) is 0.131. The van der Waals surface area contributed by atoms with Crippen LogP contribution in [-0.2, 0) is 57.0 Å². The van der Waals surface area contributed by atoms with Crippen LogP contribution in [0, 0.1) is 23.7 Å². The average molecular weight is 916 g/mol. The van der Waals surface area contributed by atoms with Gasteiger partial charge in [0.1, 0.15) is 49.0 Å². The number of rotatable bonds is 13. The molecule has 0 aromatic rings. The van der Waals surface area contributed by atoms with Crippen molar-refractivity contribution in [2.75, 3.05) is 34.9 Å². The lowest BCUT2D eigenvalue weighted by atomic mass is 9.79. The predicted molar refractivity (Wildman–Crippen MR) is 230 cm³/mol. The van der Waals surface area contributed by atoms with Gasteiger partial charge in [-0.3, -0.25) is 9.59 Å². The van der Waals surface area contributed by atoms with E-state index in [4.69, 9.17) is 42.6 Å². The molecule has 0 saturated carbocycles. The summed E-state index contributed by atoms with van der Waals surface area (Å²) in [6, 6.07) is -0.748. The van der Waals surface area contributed by atoms with Gasteiger partial charge in [0.25, 0.3) is 0 Å². The first-order valence-electron chi connectivity index (χ1n) is 22.7. The van der Waals surface area contributed by atoms with E-state index < -0.39 is 140 Å². The third-order valence-electron chi connectivity index (χ3n) is 13.4. The Bertz CT molecular complexity index is 1560. The number of hydrogen-bond donors (Lipinski definition) is 5. The molecule has 4 aliphatic heterocycles. The Kier molecular flexibility index (Phi) is 20.5. The van der Waals surface area contributed by atoms with Crippen molar-refractivity contribution in [2.45, 2.75) is 191 Å². The van der Waals surface area contributed by atoms with Crippen LogP contribution in [0.5, 0.6) is 0 Å². The van der Waals surface area contributed by atoms with Gasteiger partial charge in [0.2, 0.25) is 0 Å². The van der Waals surface area contributed by atoms with E-state index in [1.807, 2.05) is 19.9 Å². The summed E-state index contributed by atoms with van der Waals surface area (Å²) in [5, 5.41) is 55.8. The highest BCUT2D eigenvalue weighted by Crippen LogP contribution is 2.37. The summed E-state index contributed by atoms with van der Waals surface area (Å²) < 4.78 is 54.7. The zero-order chi connectivity index (χ0) is 47.8. The van der Waals surface area contributed by atoms with Crippen LogP contribution in [0.1, 0.15) is 87.5 Å². The molecule has 21 atom stereocenters. The number of nitrogens with zero attached hydrogens (tertiary/aromatic N) is 1. The number of esters is 1. The number of cyclic esters (lactones) is 1. The number of ketones is 1. The molecule has 0 aromatic heterocycles. The highest BCUT2D eigenvalue weighted by Gasteiger charge is 2.52. The standard InChI is InChI=1S/C46H77NO17/c1-13-33-30(22-58-45-42(57-12)41(56-11)37(52)26(5)60-45)18-23(2)14-15-31(49)24(3)19-29(16-17-48)39(25(4)32(50)20-34(51)62-33)64-44-38(53)36(47(9)10)40(27(6)61-44)63-35-21-46(8,55)43(54)28(7)59-35/h14-15,17-18,24-30,32-33,35-45,50,52-55H,13,16,19-22H2,1-12H3/b15-14+,23-18+/t24-,25+,26-,27-,28+,29-,30-,32-,33-,35+,36-,37-,38-,39-,40-,41-,42+,43+,44+,45-,46+/m1/s1. The normalized spacial score (nSPS) is 45.9. The first kappa shape index (κ1) is 54.3. The van der Waals surface area contributed by atoms with Crippen LogP contribution in [0.2, 0.25) is 0 Å². The number of methoxy groups -OCH3 is 2. The van der Waals surface area contributed by atoms with Crippen molar-refractivity contribution in [3.8, 4) is 0 Å². The maximum Gasteiger partial charge on any atom is 0.308 e. The van der Waals surface area contributed by atoms with Gasteiger partial charge in [-0.25, -0.2) is 0 Å². The number of carbonyl (C=O) groups excluding carboxylic acids is 3. The first-order chi connectivity index (χ1) is 30.1. The van der Waals surface area contributed by atoms with E-state index in [1.165, 1.54) is 27.2 Å². The second kappa shape index (κ2) is 24.1. The molecule has 368 valence electrons. The number of aliphatic hydroxyl groups is 5. The van der Waals surface area contributed by atoms with E-state index in [1.54, 1.807) is 59.7 Å². The van der Waals surface area contributed by atoms with E-state index >= 15 is 0 Å². The van der Waals surface area contributed by atoms with Crippen LogP contribution < -0.4 is 0 Å². The number of aliphatic hydroxyl groups excluding tert-OH is 4. The number of ether oxygens (including phenoxy) is 9. The monoisotopic (exact) mass is 916 g/mol. The smallest absolute Gasteiger partial charge is 0.308 e. The topological polar surface area (TPSA) is 239 Å². The van der Waals surface area contributed by atoms with Crippen molar-refractivity contribution in [3.05, 3.63) is 23.8 Å². The highest BCUT2D eigenvalue weighted by atomic mass is 16.7. The van der Waals surface area contributed by atoms with Crippen molar-refractivity contribution < 1.29 is 82.5 Å². The number of likely N-dealkylation sites (N-methyl/N-ethyl adjacent to an activating group) is 1. The maximum atomic E-state index is 13.8. The second-order valence-electron chi connectivity index (χ2n) is 18.7. The van der Waals surface area contributed by atoms with Crippen molar-refractivity contribution in [1.29, 1.82) is 0 Å². The van der Waals surface area contributed by atoms with Gasteiger partial charge in [-0.15, -0.1) is 0 Å². The fourth-order valence-corrected chi connectivity index (χ4v) is 9.51. The molecule has 3 saturated heterocycles. The van der Waals surface area contributed by atoms with Crippen molar-refractivity contribution in [2.24, 2.45) is 23.7 Å². The van der Waals surface area contributed by atoms with Crippen LogP contribution in [0.4, 0.5) is 0 Å². The molecule has 0 radical (unpaired) electrons. The largest absolute Gasteiger partial charge is 0.462 e. The molecule has 0 spiro atoms. The van der Waals surface area contributed by atoms with Gasteiger partial charge < -0.3 is 77.9 Å². The molecular formula is C46H77NO17. The van der Waals surface area contributed by atoms with E-state index in [9.17, 15) is 39.9 Å². The molecule has 0 amide bonds. The molecule has 4 heterocycles. The fraction of sp³-hybridized carbons (Fsp3) is 0.848. The van der Waals surface area contributed by atoms with Gasteiger partial charge in [0, 0.05) is 44.8 Å². The van der Waals surface area contributed by atoms with Crippen molar-refractivity contribution in [1.82, 2.24) is 4.90 Å². The summed E-state index contributed by atoms with van der Waals surface area (Å²) in [5.41, 5.74) is -0.806. The molecule has 64 heavy (non-hydrogen) atoms. The summed E-state index contributed by atoms with van der Waals surface area (Å²) in [7, 11) is 6.43. The molecule has 4 rings (SSSR count). The second-order valence-corrected chi connectivity index (χ2v) is 18.7. The van der Waals surface area contributed by atoms with Crippen LogP contribution in [0.15, 0.2) is 23.8 Å². The predicted octanol–water partition coefficient (Wildman–Crippen LogP) is 1.83.